The van der Waals surface area contributed by atoms with Gasteiger partial charge in [-0.1, -0.05) is 0 Å². The molecule has 1 aliphatic carbocycles. The third-order valence-electron chi connectivity index (χ3n) is 6.22. The zero-order chi connectivity index (χ0) is 24.4. The molecule has 2 aromatic rings. The van der Waals surface area contributed by atoms with Crippen molar-refractivity contribution in [2.24, 2.45) is 20.0 Å². The van der Waals surface area contributed by atoms with E-state index in [-0.39, 0.29) is 17.3 Å². The Hall–Kier alpha value is -2.77. The van der Waals surface area contributed by atoms with Crippen LogP contribution in [0.25, 0.3) is 0 Å². The van der Waals surface area contributed by atoms with Gasteiger partial charge < -0.3 is 0 Å². The second kappa shape index (κ2) is 7.89. The van der Waals surface area contributed by atoms with Crippen LogP contribution in [0.5, 0.6) is 0 Å². The highest BCUT2D eigenvalue weighted by molar-refractivity contribution is 8.27. The number of nitrogens with one attached hydrogen (secondary N) is 1. The molecule has 2 aliphatic heterocycles. The second-order valence-electron chi connectivity index (χ2n) is 9.30. The Bertz CT molecular complexity index is 1380. The topological polar surface area (TPSA) is 122 Å². The highest BCUT2D eigenvalue weighted by Gasteiger charge is 2.53. The summed E-state index contributed by atoms with van der Waals surface area (Å²) in [7, 11) is -0.260. The van der Waals surface area contributed by atoms with E-state index in [0.29, 0.717) is 10.6 Å². The number of urea groups is 1. The molecule has 1 atom stereocenters. The predicted octanol–water partition coefficient (Wildman–Crippen LogP) is 1.21. The number of hydrogen-bond acceptors (Lipinski definition) is 7. The predicted molar refractivity (Wildman–Crippen MR) is 125 cm³/mol. The van der Waals surface area contributed by atoms with Crippen LogP contribution in [0.3, 0.4) is 0 Å². The molecule has 3 aliphatic rings. The maximum absolute atomic E-state index is 13.6. The average molecular weight is 505 g/mol. The van der Waals surface area contributed by atoms with E-state index in [4.69, 9.17) is 0 Å². The summed E-state index contributed by atoms with van der Waals surface area (Å²) in [5, 5.41) is 8.87. The number of aryl methyl sites for hydroxylation is 3. The highest BCUT2D eigenvalue weighted by atomic mass is 32.3. The quantitative estimate of drug-likeness (QED) is 0.563. The maximum Gasteiger partial charge on any atom is 0.501 e. The number of thioether (sulfide) groups is 1. The van der Waals surface area contributed by atoms with Gasteiger partial charge in [0, 0.05) is 43.2 Å². The van der Waals surface area contributed by atoms with Crippen molar-refractivity contribution in [1.82, 2.24) is 29.2 Å². The number of carbonyl (C=O) groups is 2. The van der Waals surface area contributed by atoms with Gasteiger partial charge in [-0.2, -0.15) is 24.5 Å². The van der Waals surface area contributed by atoms with Crippen molar-refractivity contribution in [2.75, 3.05) is 0 Å². The van der Waals surface area contributed by atoms with E-state index in [2.05, 4.69) is 14.9 Å². The summed E-state index contributed by atoms with van der Waals surface area (Å²) in [5.74, 6) is -1.30. The number of fused-ring (bicyclic) bond motifs is 1. The van der Waals surface area contributed by atoms with Crippen LogP contribution in [0.1, 0.15) is 36.6 Å². The molecule has 34 heavy (non-hydrogen) atoms. The molecule has 4 heterocycles. The Balaban J connectivity index is 1.54. The summed E-state index contributed by atoms with van der Waals surface area (Å²) in [4.78, 5) is 28.1. The fourth-order valence-corrected chi connectivity index (χ4v) is 7.17. The third-order valence-corrected chi connectivity index (χ3v) is 9.58. The Morgan fingerprint density at radius 2 is 1.97 bits per heavy atom. The van der Waals surface area contributed by atoms with Crippen molar-refractivity contribution in [2.45, 2.75) is 45.3 Å². The van der Waals surface area contributed by atoms with Crippen LogP contribution in [-0.4, -0.2) is 60.0 Å². The van der Waals surface area contributed by atoms with Crippen molar-refractivity contribution >= 4 is 38.8 Å². The first-order valence-electron chi connectivity index (χ1n) is 10.9. The van der Waals surface area contributed by atoms with Crippen LogP contribution in [-0.2, 0) is 42.0 Å². The van der Waals surface area contributed by atoms with Gasteiger partial charge in [-0.15, -0.1) is 0 Å². The number of hydrogen-bond donors (Lipinski definition) is 1. The first kappa shape index (κ1) is 23.0. The zero-order valence-corrected chi connectivity index (χ0v) is 21.0. The van der Waals surface area contributed by atoms with E-state index < -0.39 is 33.4 Å². The fraction of sp³-hybridized carbons (Fsp3) is 0.476. The van der Waals surface area contributed by atoms with Crippen molar-refractivity contribution in [3.05, 3.63) is 45.7 Å². The van der Waals surface area contributed by atoms with Crippen molar-refractivity contribution in [1.29, 1.82) is 0 Å². The smallest absolute Gasteiger partial charge is 0.275 e. The standard InChI is InChI=1S/C21H26N7O4S2/c1-13-15(11-26(4)23-13)12-28-19-16(7-17(33-19)34(31,32)24-21(2)5-6-21)18(29)27(20(28)30)10-14-8-22-25(3)9-14/h7-9,11,16,24H,5-6,10,12H2,1-4H3/q+1. The van der Waals surface area contributed by atoms with Crippen LogP contribution in [0.4, 0.5) is 4.79 Å². The normalized spacial score (nSPS) is 21.8. The molecule has 1 unspecified atom stereocenters. The van der Waals surface area contributed by atoms with E-state index in [9.17, 15) is 18.0 Å². The van der Waals surface area contributed by atoms with Gasteiger partial charge in [-0.3, -0.25) is 9.36 Å². The summed E-state index contributed by atoms with van der Waals surface area (Å²) in [6.45, 7) is 3.93. The molecule has 0 bridgehead atoms. The summed E-state index contributed by atoms with van der Waals surface area (Å²) in [6.07, 6.45) is 8.16. The summed E-state index contributed by atoms with van der Waals surface area (Å²) in [6, 6.07) is -0.495. The summed E-state index contributed by atoms with van der Waals surface area (Å²) in [5.41, 5.74) is 1.83. The molecule has 1 saturated carbocycles. The molecule has 11 nitrogen and oxygen atoms in total. The first-order chi connectivity index (χ1) is 16.0. The summed E-state index contributed by atoms with van der Waals surface area (Å²) < 4.78 is 33.6. The van der Waals surface area contributed by atoms with Crippen molar-refractivity contribution < 1.29 is 22.6 Å². The van der Waals surface area contributed by atoms with E-state index in [0.717, 1.165) is 35.9 Å². The molecule has 1 fully saturated rings. The number of sulfonamides is 1. The molecule has 3 amide bonds. The Kier molecular flexibility index (Phi) is 5.33. The van der Waals surface area contributed by atoms with Crippen LogP contribution in [0, 0.1) is 12.8 Å². The molecule has 0 aromatic carbocycles. The number of carbonyl (C=O) groups excluding carboxylic acids is 2. The van der Waals surface area contributed by atoms with Crippen LogP contribution in [0.2, 0.25) is 0 Å². The summed E-state index contributed by atoms with van der Waals surface area (Å²) >= 11 is 0.971. The molecule has 0 radical (unpaired) electrons. The molecule has 0 saturated heterocycles. The molecule has 2 aromatic heterocycles. The minimum Gasteiger partial charge on any atom is -0.275 e. The molecule has 5 rings (SSSR count). The van der Waals surface area contributed by atoms with E-state index in [1.165, 1.54) is 15.6 Å². The number of rotatable bonds is 7. The number of nitrogens with zero attached hydrogens (tertiary/aromatic N) is 6. The van der Waals surface area contributed by atoms with E-state index in [1.807, 2.05) is 20.0 Å². The first-order valence-corrected chi connectivity index (χ1v) is 13.2. The third kappa shape index (κ3) is 4.12. The van der Waals surface area contributed by atoms with Crippen LogP contribution < -0.4 is 4.72 Å². The molecule has 0 spiro atoms. The zero-order valence-electron chi connectivity index (χ0n) is 19.3. The second-order valence-corrected chi connectivity index (χ2v) is 12.3. The van der Waals surface area contributed by atoms with Gasteiger partial charge in [0.1, 0.15) is 23.2 Å². The minimum absolute atomic E-state index is 0.0503. The van der Waals surface area contributed by atoms with Gasteiger partial charge in [0.2, 0.25) is 10.0 Å². The Morgan fingerprint density at radius 3 is 2.56 bits per heavy atom. The fourth-order valence-electron chi connectivity index (χ4n) is 4.12. The van der Waals surface area contributed by atoms with Crippen LogP contribution >= 0.6 is 11.8 Å². The van der Waals surface area contributed by atoms with Gasteiger partial charge in [0.05, 0.1) is 11.9 Å². The lowest BCUT2D eigenvalue weighted by atomic mass is 10.1. The minimum atomic E-state index is -3.81. The van der Waals surface area contributed by atoms with Crippen LogP contribution in [0.15, 0.2) is 28.9 Å². The SMILES string of the molecule is Cc1nn(C)cc1C[N+]1=C2SC(S(=O)(=O)NC3(C)CC3)=CC2C(=O)N(Cc2cnn(C)c2)C1=O. The van der Waals surface area contributed by atoms with Gasteiger partial charge in [-0.05, 0) is 44.5 Å². The van der Waals surface area contributed by atoms with E-state index in [1.54, 1.807) is 35.9 Å². The lowest BCUT2D eigenvalue weighted by Gasteiger charge is -2.23. The number of amides is 3. The lowest BCUT2D eigenvalue weighted by Crippen LogP contribution is -2.52. The van der Waals surface area contributed by atoms with E-state index >= 15 is 0 Å². The number of aromatic nitrogens is 4. The Labute approximate surface area is 201 Å². The molecule has 180 valence electrons. The van der Waals surface area contributed by atoms with Crippen molar-refractivity contribution in [3.63, 3.8) is 0 Å². The lowest BCUT2D eigenvalue weighted by molar-refractivity contribution is -0.454. The van der Waals surface area contributed by atoms with Gasteiger partial charge >= 0.3 is 11.9 Å². The average Bonchev–Trinajstić information content (AvgIpc) is 3.11. The monoisotopic (exact) mass is 504 g/mol. The maximum atomic E-state index is 13.6. The molecular weight excluding hydrogens is 478 g/mol. The Morgan fingerprint density at radius 1 is 1.24 bits per heavy atom. The molecule has 1 N–H and O–H groups in total. The highest BCUT2D eigenvalue weighted by Crippen LogP contribution is 2.42. The molecule has 13 heteroatoms. The number of imide groups is 1. The molecular formula is C21H26N7O4S2+. The van der Waals surface area contributed by atoms with Gasteiger partial charge in [0.15, 0.2) is 5.04 Å². The van der Waals surface area contributed by atoms with Gasteiger partial charge in [-0.25, -0.2) is 17.9 Å². The largest absolute Gasteiger partial charge is 0.501 e. The van der Waals surface area contributed by atoms with Crippen molar-refractivity contribution in [3.8, 4) is 0 Å². The van der Waals surface area contributed by atoms with Gasteiger partial charge in [0.25, 0.3) is 0 Å².